The summed E-state index contributed by atoms with van der Waals surface area (Å²) in [4.78, 5) is 24.4. The number of likely N-dealkylation sites (N-methyl/N-ethyl adjacent to an activating group) is 1. The van der Waals surface area contributed by atoms with E-state index in [1.54, 1.807) is 6.07 Å². The summed E-state index contributed by atoms with van der Waals surface area (Å²) in [5.74, 6) is 0.728. The van der Waals surface area contributed by atoms with Gasteiger partial charge in [-0.05, 0) is 51.4 Å². The number of amides is 1. The molecule has 1 N–H and O–H groups in total. The van der Waals surface area contributed by atoms with Crippen molar-refractivity contribution in [3.05, 3.63) is 29.8 Å². The minimum absolute atomic E-state index is 0.0914. The quantitative estimate of drug-likeness (QED) is 0.915. The number of aromatic nitrogens is 2. The summed E-state index contributed by atoms with van der Waals surface area (Å²) >= 11 is 0. The second-order valence-corrected chi connectivity index (χ2v) is 6.33. The van der Waals surface area contributed by atoms with E-state index in [0.717, 1.165) is 50.2 Å². The van der Waals surface area contributed by atoms with Crippen LogP contribution in [0.15, 0.2) is 18.2 Å². The number of nitrogens with one attached hydrogen (secondary N) is 1. The molecule has 5 nitrogen and oxygen atoms in total. The lowest BCUT2D eigenvalue weighted by Gasteiger charge is -2.35. The van der Waals surface area contributed by atoms with Gasteiger partial charge in [-0.3, -0.25) is 9.69 Å². The zero-order valence-corrected chi connectivity index (χ0v) is 14.4. The summed E-state index contributed by atoms with van der Waals surface area (Å²) in [5.41, 5.74) is 1.48. The lowest BCUT2D eigenvalue weighted by atomic mass is 10.0. The van der Waals surface area contributed by atoms with Crippen LogP contribution in [0.4, 0.5) is 4.39 Å². The molecule has 0 bridgehead atoms. The summed E-state index contributed by atoms with van der Waals surface area (Å²) in [6.45, 7) is 6.78. The van der Waals surface area contributed by atoms with Crippen LogP contribution < -0.4 is 0 Å². The summed E-state index contributed by atoms with van der Waals surface area (Å²) in [7, 11) is 0. The van der Waals surface area contributed by atoms with Crippen LogP contribution >= 0.6 is 0 Å². The zero-order valence-electron chi connectivity index (χ0n) is 14.4. The van der Waals surface area contributed by atoms with E-state index in [1.165, 1.54) is 12.1 Å². The Labute approximate surface area is 141 Å². The number of nitrogens with zero attached hydrogens (tertiary/aromatic N) is 3. The number of imidazole rings is 1. The molecule has 0 aliphatic carbocycles. The number of fused-ring (bicyclic) bond motifs is 1. The molecule has 0 radical (unpaired) electrons. The number of H-pyrrole nitrogens is 1. The van der Waals surface area contributed by atoms with E-state index < -0.39 is 0 Å². The molecule has 1 aromatic heterocycles. The van der Waals surface area contributed by atoms with Gasteiger partial charge < -0.3 is 9.88 Å². The molecule has 1 aromatic carbocycles. The fraction of sp³-hybridized carbons (Fsp3) is 0.556. The van der Waals surface area contributed by atoms with E-state index in [2.05, 4.69) is 14.9 Å². The SMILES string of the molecule is CCN(CC)C(=O)CN1CCCCC1c1nc2ccc(F)cc2[nH]1. The fourth-order valence-corrected chi connectivity index (χ4v) is 3.50. The molecule has 2 aromatic rings. The molecule has 0 spiro atoms. The van der Waals surface area contributed by atoms with Crippen molar-refractivity contribution in [2.45, 2.75) is 39.2 Å². The molecule has 1 unspecified atom stereocenters. The monoisotopic (exact) mass is 332 g/mol. The molecule has 1 saturated heterocycles. The van der Waals surface area contributed by atoms with E-state index in [4.69, 9.17) is 0 Å². The van der Waals surface area contributed by atoms with Crippen LogP contribution in [0.5, 0.6) is 0 Å². The third kappa shape index (κ3) is 3.43. The van der Waals surface area contributed by atoms with Crippen molar-refractivity contribution in [3.8, 4) is 0 Å². The molecule has 0 saturated carbocycles. The number of hydrogen-bond acceptors (Lipinski definition) is 3. The highest BCUT2D eigenvalue weighted by molar-refractivity contribution is 5.78. The number of rotatable bonds is 5. The normalized spacial score (nSPS) is 18.9. The highest BCUT2D eigenvalue weighted by Crippen LogP contribution is 2.30. The Morgan fingerprint density at radius 1 is 1.38 bits per heavy atom. The number of likely N-dealkylation sites (tertiary alicyclic amines) is 1. The Hall–Kier alpha value is -1.95. The summed E-state index contributed by atoms with van der Waals surface area (Å²) in [5, 5.41) is 0. The van der Waals surface area contributed by atoms with Crippen molar-refractivity contribution in [1.82, 2.24) is 19.8 Å². The Morgan fingerprint density at radius 2 is 2.17 bits per heavy atom. The first-order valence-electron chi connectivity index (χ1n) is 8.79. The second kappa shape index (κ2) is 7.30. The Kier molecular flexibility index (Phi) is 5.14. The topological polar surface area (TPSA) is 52.2 Å². The Bertz CT molecular complexity index is 710. The van der Waals surface area contributed by atoms with Gasteiger partial charge in [0.15, 0.2) is 0 Å². The molecule has 1 atom stereocenters. The van der Waals surface area contributed by atoms with Crippen molar-refractivity contribution < 1.29 is 9.18 Å². The minimum atomic E-state index is -0.269. The number of benzene rings is 1. The van der Waals surface area contributed by atoms with Gasteiger partial charge in [-0.1, -0.05) is 6.42 Å². The van der Waals surface area contributed by atoms with Gasteiger partial charge in [0, 0.05) is 13.1 Å². The van der Waals surface area contributed by atoms with Crippen LogP contribution in [0.25, 0.3) is 11.0 Å². The first kappa shape index (κ1) is 16.9. The Morgan fingerprint density at radius 3 is 2.92 bits per heavy atom. The summed E-state index contributed by atoms with van der Waals surface area (Å²) in [6.07, 6.45) is 3.18. The van der Waals surface area contributed by atoms with Gasteiger partial charge in [-0.25, -0.2) is 9.37 Å². The van der Waals surface area contributed by atoms with Crippen LogP contribution in [0.1, 0.15) is 45.0 Å². The maximum Gasteiger partial charge on any atom is 0.236 e. The van der Waals surface area contributed by atoms with Gasteiger partial charge in [0.2, 0.25) is 5.91 Å². The smallest absolute Gasteiger partial charge is 0.236 e. The number of halogens is 1. The largest absolute Gasteiger partial charge is 0.342 e. The van der Waals surface area contributed by atoms with Crippen molar-refractivity contribution in [3.63, 3.8) is 0 Å². The molecule has 2 heterocycles. The molecule has 3 rings (SSSR count). The van der Waals surface area contributed by atoms with Crippen molar-refractivity contribution in [2.24, 2.45) is 0 Å². The number of hydrogen-bond donors (Lipinski definition) is 1. The van der Waals surface area contributed by atoms with Gasteiger partial charge in [-0.2, -0.15) is 0 Å². The van der Waals surface area contributed by atoms with Gasteiger partial charge in [0.1, 0.15) is 11.6 Å². The van der Waals surface area contributed by atoms with E-state index in [1.807, 2.05) is 18.7 Å². The molecule has 6 heteroatoms. The summed E-state index contributed by atoms with van der Waals surface area (Å²) < 4.78 is 13.4. The number of piperidine rings is 1. The number of aromatic amines is 1. The lowest BCUT2D eigenvalue weighted by molar-refractivity contribution is -0.133. The third-order valence-corrected chi connectivity index (χ3v) is 4.85. The van der Waals surface area contributed by atoms with E-state index in [0.29, 0.717) is 12.1 Å². The standard InChI is InChI=1S/C18H25FN4O/c1-3-22(4-2)17(24)12-23-10-6-5-7-16(23)18-20-14-9-8-13(19)11-15(14)21-18/h8-9,11,16H,3-7,10,12H2,1-2H3,(H,20,21). The molecule has 1 amide bonds. The zero-order chi connectivity index (χ0) is 17.1. The van der Waals surface area contributed by atoms with Crippen LogP contribution in [-0.4, -0.2) is 51.9 Å². The van der Waals surface area contributed by atoms with Gasteiger partial charge >= 0.3 is 0 Å². The van der Waals surface area contributed by atoms with Crippen LogP contribution in [0.2, 0.25) is 0 Å². The predicted octanol–water partition coefficient (Wildman–Crippen LogP) is 3.10. The van der Waals surface area contributed by atoms with Crippen LogP contribution in [0.3, 0.4) is 0 Å². The average Bonchev–Trinajstić information content (AvgIpc) is 2.99. The minimum Gasteiger partial charge on any atom is -0.342 e. The maximum absolute atomic E-state index is 13.4. The molecular weight excluding hydrogens is 307 g/mol. The second-order valence-electron chi connectivity index (χ2n) is 6.33. The highest BCUT2D eigenvalue weighted by Gasteiger charge is 2.29. The van der Waals surface area contributed by atoms with Gasteiger partial charge in [0.05, 0.1) is 23.6 Å². The fourth-order valence-electron chi connectivity index (χ4n) is 3.50. The van der Waals surface area contributed by atoms with E-state index in [9.17, 15) is 9.18 Å². The predicted molar refractivity (Wildman–Crippen MR) is 92.1 cm³/mol. The van der Waals surface area contributed by atoms with E-state index in [-0.39, 0.29) is 17.8 Å². The first-order chi connectivity index (χ1) is 11.6. The highest BCUT2D eigenvalue weighted by atomic mass is 19.1. The molecule has 1 aliphatic heterocycles. The van der Waals surface area contributed by atoms with Crippen molar-refractivity contribution >= 4 is 16.9 Å². The first-order valence-corrected chi connectivity index (χ1v) is 8.79. The average molecular weight is 332 g/mol. The molecule has 1 aliphatic rings. The molecule has 130 valence electrons. The van der Waals surface area contributed by atoms with Crippen LogP contribution in [-0.2, 0) is 4.79 Å². The third-order valence-electron chi connectivity index (χ3n) is 4.85. The lowest BCUT2D eigenvalue weighted by Crippen LogP contribution is -2.43. The maximum atomic E-state index is 13.4. The molecule has 1 fully saturated rings. The molecule has 24 heavy (non-hydrogen) atoms. The van der Waals surface area contributed by atoms with Crippen molar-refractivity contribution in [1.29, 1.82) is 0 Å². The summed E-state index contributed by atoms with van der Waals surface area (Å²) in [6, 6.07) is 4.68. The molecular formula is C18H25FN4O. The number of carbonyl (C=O) groups is 1. The van der Waals surface area contributed by atoms with Crippen LogP contribution in [0, 0.1) is 5.82 Å². The Balaban J connectivity index is 1.81. The van der Waals surface area contributed by atoms with Crippen molar-refractivity contribution in [2.75, 3.05) is 26.2 Å². The van der Waals surface area contributed by atoms with Gasteiger partial charge in [0.25, 0.3) is 0 Å². The number of carbonyl (C=O) groups excluding carboxylic acids is 1. The van der Waals surface area contributed by atoms with E-state index >= 15 is 0 Å². The van der Waals surface area contributed by atoms with Gasteiger partial charge in [-0.15, -0.1) is 0 Å².